The molecule has 0 saturated carbocycles. The van der Waals surface area contributed by atoms with Gasteiger partial charge in [0.25, 0.3) is 0 Å². The molecule has 1 aromatic heterocycles. The zero-order valence-corrected chi connectivity index (χ0v) is 11.2. The van der Waals surface area contributed by atoms with E-state index in [1.54, 1.807) is 12.1 Å². The highest BCUT2D eigenvalue weighted by atomic mass is 79.9. The number of aromatic nitrogens is 1. The van der Waals surface area contributed by atoms with Crippen molar-refractivity contribution in [2.24, 2.45) is 0 Å². The number of nitrogens with zero attached hydrogens (tertiary/aromatic N) is 1. The zero-order chi connectivity index (χ0) is 12.3. The summed E-state index contributed by atoms with van der Waals surface area (Å²) >= 11 is 3.20. The normalized spacial score (nSPS) is 13.2. The summed E-state index contributed by atoms with van der Waals surface area (Å²) in [5, 5.41) is 1.34. The Hall–Kier alpha value is -0.950. The topological polar surface area (TPSA) is 76.1 Å². The van der Waals surface area contributed by atoms with Crippen molar-refractivity contribution in [2.75, 3.05) is 11.6 Å². The lowest BCUT2D eigenvalue weighted by molar-refractivity contribution is -0.115. The molecule has 1 heterocycles. The third-order valence-corrected chi connectivity index (χ3v) is 4.15. The SMILES string of the molecule is C[C@H](C(=O)Nc1ncccc1Br)S(C)(=O)=O. The van der Waals surface area contributed by atoms with E-state index in [4.69, 9.17) is 0 Å². The quantitative estimate of drug-likeness (QED) is 0.911. The van der Waals surface area contributed by atoms with Crippen LogP contribution in [0.2, 0.25) is 0 Å². The highest BCUT2D eigenvalue weighted by Crippen LogP contribution is 2.18. The molecule has 0 spiro atoms. The van der Waals surface area contributed by atoms with Crippen molar-refractivity contribution in [2.45, 2.75) is 12.2 Å². The molecule has 7 heteroatoms. The van der Waals surface area contributed by atoms with E-state index in [-0.39, 0.29) is 0 Å². The van der Waals surface area contributed by atoms with Gasteiger partial charge < -0.3 is 5.32 Å². The van der Waals surface area contributed by atoms with E-state index < -0.39 is 21.0 Å². The minimum atomic E-state index is -3.39. The van der Waals surface area contributed by atoms with Crippen molar-refractivity contribution in [3.63, 3.8) is 0 Å². The molecule has 0 saturated heterocycles. The highest BCUT2D eigenvalue weighted by molar-refractivity contribution is 9.10. The van der Waals surface area contributed by atoms with Crippen LogP contribution in [0, 0.1) is 0 Å². The summed E-state index contributed by atoms with van der Waals surface area (Å²) in [7, 11) is -3.39. The molecule has 0 aliphatic carbocycles. The Labute approximate surface area is 102 Å². The molecule has 1 amide bonds. The second kappa shape index (κ2) is 4.92. The zero-order valence-electron chi connectivity index (χ0n) is 8.77. The maximum Gasteiger partial charge on any atom is 0.243 e. The smallest absolute Gasteiger partial charge is 0.243 e. The second-order valence-corrected chi connectivity index (χ2v) is 6.52. The van der Waals surface area contributed by atoms with Crippen molar-refractivity contribution in [1.29, 1.82) is 0 Å². The van der Waals surface area contributed by atoms with Crippen LogP contribution in [0.15, 0.2) is 22.8 Å². The first-order chi connectivity index (χ1) is 7.32. The molecule has 1 atom stereocenters. The van der Waals surface area contributed by atoms with Crippen LogP contribution in [0.1, 0.15) is 6.92 Å². The first kappa shape index (κ1) is 13.1. The molecule has 1 aromatic rings. The Morgan fingerprint density at radius 3 is 2.69 bits per heavy atom. The van der Waals surface area contributed by atoms with Crippen LogP contribution in [0.25, 0.3) is 0 Å². The van der Waals surface area contributed by atoms with Gasteiger partial charge in [0.15, 0.2) is 9.84 Å². The van der Waals surface area contributed by atoms with Gasteiger partial charge in [-0.2, -0.15) is 0 Å². The highest BCUT2D eigenvalue weighted by Gasteiger charge is 2.24. The number of rotatable bonds is 3. The van der Waals surface area contributed by atoms with Gasteiger partial charge in [-0.05, 0) is 35.0 Å². The lowest BCUT2D eigenvalue weighted by atomic mass is 10.4. The first-order valence-electron chi connectivity index (χ1n) is 4.42. The maximum absolute atomic E-state index is 11.6. The van der Waals surface area contributed by atoms with Gasteiger partial charge in [0.1, 0.15) is 11.1 Å². The molecule has 1 rings (SSSR count). The summed E-state index contributed by atoms with van der Waals surface area (Å²) in [4.78, 5) is 15.5. The monoisotopic (exact) mass is 306 g/mol. The minimum absolute atomic E-state index is 0.308. The van der Waals surface area contributed by atoms with Crippen LogP contribution >= 0.6 is 15.9 Å². The van der Waals surface area contributed by atoms with E-state index in [0.29, 0.717) is 10.3 Å². The number of anilines is 1. The van der Waals surface area contributed by atoms with Crippen LogP contribution in [0.4, 0.5) is 5.82 Å². The molecular weight excluding hydrogens is 296 g/mol. The van der Waals surface area contributed by atoms with Gasteiger partial charge in [-0.25, -0.2) is 13.4 Å². The van der Waals surface area contributed by atoms with Crippen LogP contribution in [-0.4, -0.2) is 30.8 Å². The summed E-state index contributed by atoms with van der Waals surface area (Å²) < 4.78 is 22.9. The lowest BCUT2D eigenvalue weighted by Crippen LogP contribution is -2.32. The van der Waals surface area contributed by atoms with Gasteiger partial charge in [-0.1, -0.05) is 0 Å². The van der Waals surface area contributed by atoms with E-state index in [9.17, 15) is 13.2 Å². The number of hydrogen-bond donors (Lipinski definition) is 1. The molecule has 88 valence electrons. The van der Waals surface area contributed by atoms with Gasteiger partial charge in [-0.15, -0.1) is 0 Å². The molecule has 0 fully saturated rings. The van der Waals surface area contributed by atoms with Crippen LogP contribution in [0.3, 0.4) is 0 Å². The molecule has 0 aromatic carbocycles. The van der Waals surface area contributed by atoms with E-state index in [1.165, 1.54) is 13.1 Å². The molecule has 1 N–H and O–H groups in total. The van der Waals surface area contributed by atoms with Gasteiger partial charge in [-0.3, -0.25) is 4.79 Å². The average Bonchev–Trinajstić information content (AvgIpc) is 2.19. The van der Waals surface area contributed by atoms with Gasteiger partial charge >= 0.3 is 0 Å². The number of carbonyl (C=O) groups excluding carboxylic acids is 1. The molecule has 5 nitrogen and oxygen atoms in total. The Kier molecular flexibility index (Phi) is 4.03. The van der Waals surface area contributed by atoms with Gasteiger partial charge in [0.2, 0.25) is 5.91 Å². The third kappa shape index (κ3) is 3.28. The Morgan fingerprint density at radius 1 is 1.56 bits per heavy atom. The van der Waals surface area contributed by atoms with Crippen molar-refractivity contribution >= 4 is 37.5 Å². The molecule has 0 unspecified atom stereocenters. The maximum atomic E-state index is 11.6. The van der Waals surface area contributed by atoms with Crippen molar-refractivity contribution < 1.29 is 13.2 Å². The molecule has 16 heavy (non-hydrogen) atoms. The second-order valence-electron chi connectivity index (χ2n) is 3.29. The predicted molar refractivity (Wildman–Crippen MR) is 64.9 cm³/mol. The third-order valence-electron chi connectivity index (χ3n) is 2.01. The Morgan fingerprint density at radius 2 is 2.19 bits per heavy atom. The number of sulfone groups is 1. The van der Waals surface area contributed by atoms with E-state index >= 15 is 0 Å². The molecule has 0 bridgehead atoms. The van der Waals surface area contributed by atoms with E-state index in [2.05, 4.69) is 26.2 Å². The summed E-state index contributed by atoms with van der Waals surface area (Å²) in [6, 6.07) is 3.40. The number of pyridine rings is 1. The molecule has 0 radical (unpaired) electrons. The fourth-order valence-electron chi connectivity index (χ4n) is 0.890. The van der Waals surface area contributed by atoms with Crippen LogP contribution < -0.4 is 5.32 Å². The summed E-state index contributed by atoms with van der Waals surface area (Å²) in [5.41, 5.74) is 0. The lowest BCUT2D eigenvalue weighted by Gasteiger charge is -2.10. The van der Waals surface area contributed by atoms with Crippen LogP contribution in [-0.2, 0) is 14.6 Å². The summed E-state index contributed by atoms with van der Waals surface area (Å²) in [6.45, 7) is 1.33. The number of amides is 1. The van der Waals surface area contributed by atoms with Gasteiger partial charge in [0, 0.05) is 12.5 Å². The number of carbonyl (C=O) groups is 1. The van der Waals surface area contributed by atoms with Gasteiger partial charge in [0.05, 0.1) is 4.47 Å². The summed E-state index contributed by atoms with van der Waals surface area (Å²) in [5.74, 6) is -0.287. The largest absolute Gasteiger partial charge is 0.309 e. The first-order valence-corrected chi connectivity index (χ1v) is 7.17. The Balaban J connectivity index is 2.84. The van der Waals surface area contributed by atoms with E-state index in [0.717, 1.165) is 6.26 Å². The standard InChI is InChI=1S/C9H11BrN2O3S/c1-6(16(2,14)15)9(13)12-8-7(10)4-3-5-11-8/h3-6H,1-2H3,(H,11,12,13)/t6-/m1/s1. The van der Waals surface area contributed by atoms with Crippen molar-refractivity contribution in [3.05, 3.63) is 22.8 Å². The number of nitrogens with one attached hydrogen (secondary N) is 1. The average molecular weight is 307 g/mol. The van der Waals surface area contributed by atoms with E-state index in [1.807, 2.05) is 0 Å². The van der Waals surface area contributed by atoms with Crippen LogP contribution in [0.5, 0.6) is 0 Å². The minimum Gasteiger partial charge on any atom is -0.309 e. The predicted octanol–water partition coefficient (Wildman–Crippen LogP) is 1.22. The molecular formula is C9H11BrN2O3S. The van der Waals surface area contributed by atoms with Crippen molar-refractivity contribution in [1.82, 2.24) is 4.98 Å². The fraction of sp³-hybridized carbons (Fsp3) is 0.333. The Bertz CT molecular complexity index is 501. The molecule has 0 aliphatic heterocycles. The summed E-state index contributed by atoms with van der Waals surface area (Å²) in [6.07, 6.45) is 2.52. The number of hydrogen-bond acceptors (Lipinski definition) is 4. The number of halogens is 1. The molecule has 0 aliphatic rings. The fourth-order valence-corrected chi connectivity index (χ4v) is 1.69. The van der Waals surface area contributed by atoms with Crippen molar-refractivity contribution in [3.8, 4) is 0 Å².